The molecule has 1 N–H and O–H groups in total. The van der Waals surface area contributed by atoms with Crippen LogP contribution in [0, 0.1) is 12.8 Å². The summed E-state index contributed by atoms with van der Waals surface area (Å²) in [5, 5.41) is 2.61. The topological polar surface area (TPSA) is 75.7 Å². The highest BCUT2D eigenvalue weighted by molar-refractivity contribution is 6.39. The molecule has 23 heavy (non-hydrogen) atoms. The SMILES string of the molecule is CCOC(=O)C1CCN(C(=O)C(=O)Nc2cccc(C)c2)CC1. The molecule has 0 saturated carbocycles. The summed E-state index contributed by atoms with van der Waals surface area (Å²) in [6.07, 6.45) is 1.06. The minimum absolute atomic E-state index is 0.182. The average Bonchev–Trinajstić information content (AvgIpc) is 2.54. The molecule has 0 aliphatic carbocycles. The van der Waals surface area contributed by atoms with Crippen LogP contribution in [0.15, 0.2) is 24.3 Å². The van der Waals surface area contributed by atoms with E-state index in [1.165, 1.54) is 4.90 Å². The Morgan fingerprint density at radius 1 is 1.26 bits per heavy atom. The van der Waals surface area contributed by atoms with E-state index >= 15 is 0 Å². The Labute approximate surface area is 135 Å². The summed E-state index contributed by atoms with van der Waals surface area (Å²) in [5.41, 5.74) is 1.61. The number of esters is 1. The van der Waals surface area contributed by atoms with E-state index in [2.05, 4.69) is 5.32 Å². The lowest BCUT2D eigenvalue weighted by atomic mass is 9.97. The summed E-state index contributed by atoms with van der Waals surface area (Å²) < 4.78 is 4.99. The van der Waals surface area contributed by atoms with Gasteiger partial charge < -0.3 is 15.0 Å². The number of nitrogens with zero attached hydrogens (tertiary/aromatic N) is 1. The summed E-state index contributed by atoms with van der Waals surface area (Å²) in [6.45, 7) is 4.83. The second-order valence-corrected chi connectivity index (χ2v) is 5.64. The fraction of sp³-hybridized carbons (Fsp3) is 0.471. The van der Waals surface area contributed by atoms with Crippen LogP contribution in [-0.2, 0) is 19.1 Å². The number of anilines is 1. The van der Waals surface area contributed by atoms with Crippen molar-refractivity contribution in [2.45, 2.75) is 26.7 Å². The predicted octanol–water partition coefficient (Wildman–Crippen LogP) is 1.74. The number of hydrogen-bond acceptors (Lipinski definition) is 4. The standard InChI is InChI=1S/C17H22N2O4/c1-3-23-17(22)13-7-9-19(10-8-13)16(21)15(20)18-14-6-4-5-12(2)11-14/h4-6,11,13H,3,7-10H2,1-2H3,(H,18,20). The van der Waals surface area contributed by atoms with Gasteiger partial charge in [0.05, 0.1) is 12.5 Å². The average molecular weight is 318 g/mol. The van der Waals surface area contributed by atoms with Gasteiger partial charge in [-0.25, -0.2) is 0 Å². The zero-order valence-corrected chi connectivity index (χ0v) is 13.5. The van der Waals surface area contributed by atoms with E-state index in [-0.39, 0.29) is 11.9 Å². The molecule has 6 heteroatoms. The van der Waals surface area contributed by atoms with Gasteiger partial charge in [-0.3, -0.25) is 14.4 Å². The summed E-state index contributed by atoms with van der Waals surface area (Å²) >= 11 is 0. The Hall–Kier alpha value is -2.37. The number of carbonyl (C=O) groups is 3. The van der Waals surface area contributed by atoms with E-state index in [0.29, 0.717) is 38.2 Å². The van der Waals surface area contributed by atoms with Crippen molar-refractivity contribution in [3.05, 3.63) is 29.8 Å². The van der Waals surface area contributed by atoms with Crippen LogP contribution in [0.3, 0.4) is 0 Å². The van der Waals surface area contributed by atoms with Crippen LogP contribution in [0.2, 0.25) is 0 Å². The van der Waals surface area contributed by atoms with Crippen molar-refractivity contribution < 1.29 is 19.1 Å². The molecule has 1 heterocycles. The third-order valence-corrected chi connectivity index (χ3v) is 3.87. The van der Waals surface area contributed by atoms with Gasteiger partial charge in [-0.15, -0.1) is 0 Å². The van der Waals surface area contributed by atoms with E-state index in [1.54, 1.807) is 19.1 Å². The van der Waals surface area contributed by atoms with Gasteiger partial charge in [-0.2, -0.15) is 0 Å². The van der Waals surface area contributed by atoms with Gasteiger partial charge in [-0.1, -0.05) is 12.1 Å². The maximum Gasteiger partial charge on any atom is 0.313 e. The quantitative estimate of drug-likeness (QED) is 0.680. The van der Waals surface area contributed by atoms with Crippen molar-refractivity contribution in [3.8, 4) is 0 Å². The molecule has 1 saturated heterocycles. The molecule has 1 aromatic carbocycles. The number of hydrogen-bond donors (Lipinski definition) is 1. The molecular formula is C17H22N2O4. The van der Waals surface area contributed by atoms with Gasteiger partial charge in [0.1, 0.15) is 0 Å². The van der Waals surface area contributed by atoms with E-state index in [4.69, 9.17) is 4.74 Å². The van der Waals surface area contributed by atoms with Crippen LogP contribution in [0.5, 0.6) is 0 Å². The van der Waals surface area contributed by atoms with Gasteiger partial charge in [0.15, 0.2) is 0 Å². The molecule has 0 radical (unpaired) electrons. The summed E-state index contributed by atoms with van der Waals surface area (Å²) in [5.74, 6) is -1.61. The Kier molecular flexibility index (Phi) is 5.73. The number of nitrogens with one attached hydrogen (secondary N) is 1. The minimum atomic E-state index is -0.648. The first-order chi connectivity index (χ1) is 11.0. The Morgan fingerprint density at radius 2 is 1.96 bits per heavy atom. The summed E-state index contributed by atoms with van der Waals surface area (Å²) in [4.78, 5) is 37.4. The molecular weight excluding hydrogens is 296 g/mol. The van der Waals surface area contributed by atoms with Gasteiger partial charge in [0, 0.05) is 18.8 Å². The zero-order valence-electron chi connectivity index (χ0n) is 13.5. The number of aryl methyl sites for hydroxylation is 1. The molecule has 124 valence electrons. The first-order valence-electron chi connectivity index (χ1n) is 7.84. The predicted molar refractivity (Wildman–Crippen MR) is 85.7 cm³/mol. The third-order valence-electron chi connectivity index (χ3n) is 3.87. The lowest BCUT2D eigenvalue weighted by Gasteiger charge is -2.30. The monoisotopic (exact) mass is 318 g/mol. The third kappa shape index (κ3) is 4.55. The maximum absolute atomic E-state index is 12.2. The fourth-order valence-electron chi connectivity index (χ4n) is 2.63. The molecule has 1 fully saturated rings. The van der Waals surface area contributed by atoms with Gasteiger partial charge in [-0.05, 0) is 44.4 Å². The Morgan fingerprint density at radius 3 is 2.57 bits per heavy atom. The maximum atomic E-state index is 12.2. The molecule has 0 unspecified atom stereocenters. The highest BCUT2D eigenvalue weighted by Crippen LogP contribution is 2.19. The van der Waals surface area contributed by atoms with Crippen LogP contribution >= 0.6 is 0 Å². The van der Waals surface area contributed by atoms with Crippen molar-refractivity contribution >= 4 is 23.5 Å². The zero-order chi connectivity index (χ0) is 16.8. The number of rotatable bonds is 3. The van der Waals surface area contributed by atoms with Crippen LogP contribution in [0.25, 0.3) is 0 Å². The fourth-order valence-corrected chi connectivity index (χ4v) is 2.63. The van der Waals surface area contributed by atoms with Crippen molar-refractivity contribution in [1.82, 2.24) is 4.90 Å². The summed E-state index contributed by atoms with van der Waals surface area (Å²) in [6, 6.07) is 7.28. The Bertz CT molecular complexity index is 592. The smallest absolute Gasteiger partial charge is 0.313 e. The second-order valence-electron chi connectivity index (χ2n) is 5.64. The molecule has 6 nitrogen and oxygen atoms in total. The Balaban J connectivity index is 1.87. The number of piperidine rings is 1. The van der Waals surface area contributed by atoms with Gasteiger partial charge >= 0.3 is 17.8 Å². The first-order valence-corrected chi connectivity index (χ1v) is 7.84. The largest absolute Gasteiger partial charge is 0.466 e. The summed E-state index contributed by atoms with van der Waals surface area (Å²) in [7, 11) is 0. The number of ether oxygens (including phenoxy) is 1. The molecule has 0 atom stereocenters. The molecule has 0 aromatic heterocycles. The van der Waals surface area contributed by atoms with Crippen LogP contribution < -0.4 is 5.32 Å². The van der Waals surface area contributed by atoms with Crippen molar-refractivity contribution in [1.29, 1.82) is 0 Å². The van der Waals surface area contributed by atoms with E-state index in [0.717, 1.165) is 5.56 Å². The van der Waals surface area contributed by atoms with Gasteiger partial charge in [0.2, 0.25) is 0 Å². The van der Waals surface area contributed by atoms with Crippen LogP contribution in [0.1, 0.15) is 25.3 Å². The number of amides is 2. The molecule has 0 bridgehead atoms. The molecule has 0 spiro atoms. The number of likely N-dealkylation sites (tertiary alicyclic amines) is 1. The lowest BCUT2D eigenvalue weighted by molar-refractivity contribution is -0.152. The van der Waals surface area contributed by atoms with E-state index < -0.39 is 11.8 Å². The highest BCUT2D eigenvalue weighted by Gasteiger charge is 2.30. The molecule has 1 aromatic rings. The number of benzene rings is 1. The van der Waals surface area contributed by atoms with Crippen molar-refractivity contribution in [2.24, 2.45) is 5.92 Å². The molecule has 1 aliphatic rings. The van der Waals surface area contributed by atoms with Crippen LogP contribution in [0.4, 0.5) is 5.69 Å². The second kappa shape index (κ2) is 7.76. The first kappa shape index (κ1) is 17.0. The number of carbonyl (C=O) groups excluding carboxylic acids is 3. The molecule has 1 aliphatic heterocycles. The van der Waals surface area contributed by atoms with Crippen molar-refractivity contribution in [3.63, 3.8) is 0 Å². The normalized spacial score (nSPS) is 15.1. The van der Waals surface area contributed by atoms with E-state index in [9.17, 15) is 14.4 Å². The van der Waals surface area contributed by atoms with Crippen molar-refractivity contribution in [2.75, 3.05) is 25.0 Å². The lowest BCUT2D eigenvalue weighted by Crippen LogP contribution is -2.45. The van der Waals surface area contributed by atoms with E-state index in [1.807, 2.05) is 19.1 Å². The molecule has 2 amide bonds. The molecule has 2 rings (SSSR count). The van der Waals surface area contributed by atoms with Crippen LogP contribution in [-0.4, -0.2) is 42.4 Å². The van der Waals surface area contributed by atoms with Gasteiger partial charge in [0.25, 0.3) is 0 Å². The highest BCUT2D eigenvalue weighted by atomic mass is 16.5. The minimum Gasteiger partial charge on any atom is -0.466 e.